The summed E-state index contributed by atoms with van der Waals surface area (Å²) in [5.41, 5.74) is 0. The van der Waals surface area contributed by atoms with E-state index in [0.29, 0.717) is 11.8 Å². The molecule has 2 nitrogen and oxygen atoms in total. The average molecular weight is 154 g/mol. The molecular formula is C4H6F2NOS. The summed E-state index contributed by atoms with van der Waals surface area (Å²) in [5, 5.41) is 2.14. The van der Waals surface area contributed by atoms with Gasteiger partial charge in [-0.3, -0.25) is 4.79 Å². The molecule has 0 spiro atoms. The maximum Gasteiger partial charge on any atom is 0.309 e. The molecule has 0 aromatic carbocycles. The van der Waals surface area contributed by atoms with Crippen molar-refractivity contribution in [3.8, 4) is 0 Å². The van der Waals surface area contributed by atoms with Gasteiger partial charge < -0.3 is 5.32 Å². The van der Waals surface area contributed by atoms with Gasteiger partial charge in [-0.2, -0.15) is 8.78 Å². The summed E-state index contributed by atoms with van der Waals surface area (Å²) in [6.07, 6.45) is 1.38. The van der Waals surface area contributed by atoms with Crippen LogP contribution in [0.2, 0.25) is 0 Å². The Balaban J connectivity index is 2.82. The molecule has 0 aliphatic carbocycles. The fraction of sp³-hybridized carbons (Fsp3) is 0.750. The Hall–Kier alpha value is -0.320. The van der Waals surface area contributed by atoms with Crippen LogP contribution in [0, 0.1) is 0 Å². The van der Waals surface area contributed by atoms with Crippen molar-refractivity contribution in [2.24, 2.45) is 0 Å². The third-order valence-electron chi connectivity index (χ3n) is 0.543. The van der Waals surface area contributed by atoms with E-state index in [4.69, 9.17) is 0 Å². The van der Waals surface area contributed by atoms with Crippen molar-refractivity contribution in [3.63, 3.8) is 0 Å². The third-order valence-corrected chi connectivity index (χ3v) is 1.23. The van der Waals surface area contributed by atoms with Crippen molar-refractivity contribution in [2.45, 2.75) is 5.76 Å². The highest BCUT2D eigenvalue weighted by Crippen LogP contribution is 2.11. The first-order valence-corrected chi connectivity index (χ1v) is 3.32. The second-order valence-corrected chi connectivity index (χ2v) is 2.26. The molecule has 1 N–H and O–H groups in total. The molecule has 9 heavy (non-hydrogen) atoms. The Morgan fingerprint density at radius 2 is 2.33 bits per heavy atom. The molecule has 0 aliphatic heterocycles. The summed E-state index contributed by atoms with van der Waals surface area (Å²) < 4.78 is 22.6. The van der Waals surface area contributed by atoms with E-state index in [-0.39, 0.29) is 12.3 Å². The van der Waals surface area contributed by atoms with Gasteiger partial charge in [-0.25, -0.2) is 0 Å². The van der Waals surface area contributed by atoms with Crippen LogP contribution in [-0.4, -0.2) is 24.5 Å². The standard InChI is InChI=1S/C4H6F2NOS/c5-4(6)9-2-1-7-3-8/h4H,1-2H2,(H,7,8). The van der Waals surface area contributed by atoms with Gasteiger partial charge in [0.25, 0.3) is 5.76 Å². The summed E-state index contributed by atoms with van der Waals surface area (Å²) in [7, 11) is 0. The van der Waals surface area contributed by atoms with Crippen molar-refractivity contribution in [1.29, 1.82) is 0 Å². The second-order valence-electron chi connectivity index (χ2n) is 1.16. The Morgan fingerprint density at radius 3 is 2.78 bits per heavy atom. The number of halogens is 2. The van der Waals surface area contributed by atoms with Crippen molar-refractivity contribution >= 4 is 18.2 Å². The zero-order chi connectivity index (χ0) is 7.11. The van der Waals surface area contributed by atoms with Crippen molar-refractivity contribution in [1.82, 2.24) is 5.32 Å². The molecule has 0 unspecified atom stereocenters. The van der Waals surface area contributed by atoms with E-state index in [2.05, 4.69) is 5.32 Å². The lowest BCUT2D eigenvalue weighted by Crippen LogP contribution is -2.14. The number of amides is 1. The highest BCUT2D eigenvalue weighted by Gasteiger charge is 1.99. The molecule has 0 aromatic heterocycles. The third kappa shape index (κ3) is 7.68. The summed E-state index contributed by atoms with van der Waals surface area (Å²) in [6, 6.07) is 0. The molecule has 1 radical (unpaired) electrons. The molecule has 0 aliphatic rings. The smallest absolute Gasteiger partial charge is 0.309 e. The first-order valence-electron chi connectivity index (χ1n) is 2.27. The summed E-state index contributed by atoms with van der Waals surface area (Å²) in [5.74, 6) is -2.12. The van der Waals surface area contributed by atoms with Gasteiger partial charge in [0.2, 0.25) is 0 Å². The maximum atomic E-state index is 11.3. The number of thioether (sulfide) groups is 1. The van der Waals surface area contributed by atoms with Gasteiger partial charge in [-0.1, -0.05) is 11.8 Å². The Morgan fingerprint density at radius 1 is 1.67 bits per heavy atom. The lowest BCUT2D eigenvalue weighted by molar-refractivity contribution is 0.252. The zero-order valence-corrected chi connectivity index (χ0v) is 5.38. The number of carbonyl (C=O) groups excluding carboxylic acids is 1. The van der Waals surface area contributed by atoms with Gasteiger partial charge in [-0.05, 0) is 0 Å². The first kappa shape index (κ1) is 8.68. The number of hydrogen-bond acceptors (Lipinski definition) is 2. The average Bonchev–Trinajstić information content (AvgIpc) is 1.80. The zero-order valence-electron chi connectivity index (χ0n) is 4.56. The molecule has 0 aromatic rings. The molecule has 0 heterocycles. The Labute approximate surface area is 56.0 Å². The predicted molar refractivity (Wildman–Crippen MR) is 32.2 cm³/mol. The van der Waals surface area contributed by atoms with Crippen LogP contribution < -0.4 is 5.32 Å². The van der Waals surface area contributed by atoms with Crippen LogP contribution in [0.15, 0.2) is 0 Å². The molecule has 0 fully saturated rings. The summed E-state index contributed by atoms with van der Waals surface area (Å²) in [4.78, 5) is 9.42. The van der Waals surface area contributed by atoms with Crippen molar-refractivity contribution in [3.05, 3.63) is 0 Å². The van der Waals surface area contributed by atoms with Gasteiger partial charge in [-0.15, -0.1) is 0 Å². The number of alkyl halides is 2. The van der Waals surface area contributed by atoms with E-state index in [0.717, 1.165) is 0 Å². The minimum Gasteiger partial charge on any atom is -0.347 e. The summed E-state index contributed by atoms with van der Waals surface area (Å²) in [6.45, 7) is 0.249. The van der Waals surface area contributed by atoms with Gasteiger partial charge >= 0.3 is 6.41 Å². The van der Waals surface area contributed by atoms with Crippen molar-refractivity contribution < 1.29 is 13.6 Å². The van der Waals surface area contributed by atoms with E-state index < -0.39 is 5.76 Å². The molecule has 0 bridgehead atoms. The number of hydrogen-bond donors (Lipinski definition) is 1. The second kappa shape index (κ2) is 5.81. The maximum absolute atomic E-state index is 11.3. The first-order chi connectivity index (χ1) is 4.27. The van der Waals surface area contributed by atoms with Gasteiger partial charge in [0.05, 0.1) is 0 Å². The normalized spacial score (nSPS) is 9.67. The fourth-order valence-electron chi connectivity index (χ4n) is 0.250. The molecule has 53 valence electrons. The molecule has 5 heteroatoms. The van der Waals surface area contributed by atoms with Crippen LogP contribution in [0.4, 0.5) is 8.78 Å². The van der Waals surface area contributed by atoms with Gasteiger partial charge in [0, 0.05) is 12.3 Å². The molecule has 0 atom stereocenters. The minimum atomic E-state index is -2.35. The van der Waals surface area contributed by atoms with Crippen LogP contribution in [0.1, 0.15) is 0 Å². The Bertz CT molecular complexity index is 81.0. The van der Waals surface area contributed by atoms with Crippen LogP contribution in [-0.2, 0) is 4.79 Å². The molecular weight excluding hydrogens is 148 g/mol. The van der Waals surface area contributed by atoms with Gasteiger partial charge in [0.1, 0.15) is 0 Å². The van der Waals surface area contributed by atoms with Crippen LogP contribution in [0.5, 0.6) is 0 Å². The molecule has 1 amide bonds. The molecule has 0 rings (SSSR count). The minimum absolute atomic E-state index is 0.229. The highest BCUT2D eigenvalue weighted by atomic mass is 32.2. The monoisotopic (exact) mass is 154 g/mol. The highest BCUT2D eigenvalue weighted by molar-refractivity contribution is 7.99. The van der Waals surface area contributed by atoms with E-state index in [1.165, 1.54) is 6.41 Å². The van der Waals surface area contributed by atoms with E-state index in [9.17, 15) is 13.6 Å². The lowest BCUT2D eigenvalue weighted by atomic mass is 10.8. The topological polar surface area (TPSA) is 29.1 Å². The molecule has 0 saturated carbocycles. The number of nitrogens with one attached hydrogen (secondary N) is 1. The van der Waals surface area contributed by atoms with Gasteiger partial charge in [0.15, 0.2) is 0 Å². The predicted octanol–water partition coefficient (Wildman–Crippen LogP) is 0.599. The van der Waals surface area contributed by atoms with Crippen LogP contribution in [0.3, 0.4) is 0 Å². The molecule has 0 saturated heterocycles. The quantitative estimate of drug-likeness (QED) is 0.464. The largest absolute Gasteiger partial charge is 0.347 e. The van der Waals surface area contributed by atoms with E-state index in [1.807, 2.05) is 0 Å². The van der Waals surface area contributed by atoms with Crippen molar-refractivity contribution in [2.75, 3.05) is 12.3 Å². The Kier molecular flexibility index (Phi) is 5.60. The van der Waals surface area contributed by atoms with E-state index in [1.54, 1.807) is 0 Å². The lowest BCUT2D eigenvalue weighted by Gasteiger charge is -1.96. The fourth-order valence-corrected chi connectivity index (χ4v) is 0.648. The number of rotatable bonds is 5. The van der Waals surface area contributed by atoms with Crippen LogP contribution in [0.25, 0.3) is 0 Å². The SMILES string of the molecule is O=[C]NCCSC(F)F. The van der Waals surface area contributed by atoms with Crippen LogP contribution >= 0.6 is 11.8 Å². The summed E-state index contributed by atoms with van der Waals surface area (Å²) >= 11 is 0.496. The van der Waals surface area contributed by atoms with E-state index >= 15 is 0 Å².